The molecule has 0 aliphatic heterocycles. The molecule has 1 aromatic carbocycles. The van der Waals surface area contributed by atoms with Gasteiger partial charge in [-0.1, -0.05) is 23.8 Å². The summed E-state index contributed by atoms with van der Waals surface area (Å²) in [6, 6.07) is 6.33. The quantitative estimate of drug-likeness (QED) is 0.868. The van der Waals surface area contributed by atoms with Crippen LogP contribution in [-0.2, 0) is 11.2 Å². The van der Waals surface area contributed by atoms with Gasteiger partial charge in [-0.3, -0.25) is 4.79 Å². The molecule has 0 atom stereocenters. The van der Waals surface area contributed by atoms with E-state index < -0.39 is 5.60 Å². The summed E-state index contributed by atoms with van der Waals surface area (Å²) in [6.45, 7) is 10.6. The average Bonchev–Trinajstić information content (AvgIpc) is 2.33. The van der Waals surface area contributed by atoms with Gasteiger partial charge >= 0.3 is 0 Å². The van der Waals surface area contributed by atoms with Crippen molar-refractivity contribution in [3.63, 3.8) is 0 Å². The number of nitrogens with zero attached hydrogens (tertiary/aromatic N) is 1. The first-order valence-corrected chi connectivity index (χ1v) is 7.29. The minimum absolute atomic E-state index is 0.106. The van der Waals surface area contributed by atoms with Crippen molar-refractivity contribution < 1.29 is 9.90 Å². The summed E-state index contributed by atoms with van der Waals surface area (Å²) in [5.74, 6) is 0.106. The fourth-order valence-electron chi connectivity index (χ4n) is 2.37. The minimum atomic E-state index is -0.842. The highest BCUT2D eigenvalue weighted by Crippen LogP contribution is 2.14. The van der Waals surface area contributed by atoms with Gasteiger partial charge in [0.25, 0.3) is 0 Å². The van der Waals surface area contributed by atoms with Gasteiger partial charge in [0, 0.05) is 19.5 Å². The number of hydrogen-bond donors (Lipinski definition) is 1. The maximum Gasteiger partial charge on any atom is 0.222 e. The Bertz CT molecular complexity index is 461. The second-order valence-electron chi connectivity index (χ2n) is 6.15. The highest BCUT2D eigenvalue weighted by atomic mass is 16.3. The predicted octanol–water partition coefficient (Wildman–Crippen LogP) is 2.86. The molecule has 1 N–H and O–H groups in total. The summed E-state index contributed by atoms with van der Waals surface area (Å²) in [5, 5.41) is 9.83. The van der Waals surface area contributed by atoms with E-state index in [1.165, 1.54) is 16.7 Å². The fraction of sp³-hybridized carbons (Fsp3) is 0.588. The lowest BCUT2D eigenvalue weighted by atomic mass is 10.0. The van der Waals surface area contributed by atoms with Crippen molar-refractivity contribution in [3.05, 3.63) is 34.9 Å². The van der Waals surface area contributed by atoms with Crippen molar-refractivity contribution >= 4 is 5.91 Å². The van der Waals surface area contributed by atoms with Crippen molar-refractivity contribution in [1.29, 1.82) is 0 Å². The normalized spacial score (nSPS) is 11.5. The van der Waals surface area contributed by atoms with Crippen LogP contribution in [0.2, 0.25) is 0 Å². The highest BCUT2D eigenvalue weighted by molar-refractivity contribution is 5.76. The van der Waals surface area contributed by atoms with E-state index in [1.54, 1.807) is 18.7 Å². The number of carbonyl (C=O) groups is 1. The Hall–Kier alpha value is -1.35. The molecule has 112 valence electrons. The van der Waals surface area contributed by atoms with Gasteiger partial charge in [-0.25, -0.2) is 0 Å². The molecule has 0 aliphatic rings. The van der Waals surface area contributed by atoms with Gasteiger partial charge in [0.05, 0.1) is 5.60 Å². The summed E-state index contributed by atoms with van der Waals surface area (Å²) in [5.41, 5.74) is 2.87. The molecule has 3 nitrogen and oxygen atoms in total. The number of aliphatic hydroxyl groups is 1. The molecule has 3 heteroatoms. The molecular weight excluding hydrogens is 250 g/mol. The molecule has 0 radical (unpaired) electrons. The minimum Gasteiger partial charge on any atom is -0.389 e. The standard InChI is InChI=1S/C17H27NO2/c1-6-18(12-17(4,5)20)16(19)10-9-15-8-7-13(2)11-14(15)3/h7-8,11,20H,6,9-10,12H2,1-5H3. The number of rotatable bonds is 6. The molecule has 1 aromatic rings. The molecule has 0 bridgehead atoms. The van der Waals surface area contributed by atoms with Gasteiger partial charge in [-0.05, 0) is 52.2 Å². The summed E-state index contributed by atoms with van der Waals surface area (Å²) >= 11 is 0. The van der Waals surface area contributed by atoms with E-state index in [0.717, 1.165) is 6.42 Å². The van der Waals surface area contributed by atoms with Crippen LogP contribution >= 0.6 is 0 Å². The molecule has 1 amide bonds. The lowest BCUT2D eigenvalue weighted by molar-refractivity contribution is -0.133. The number of carbonyl (C=O) groups excluding carboxylic acids is 1. The number of likely N-dealkylation sites (N-methyl/N-ethyl adjacent to an activating group) is 1. The second-order valence-corrected chi connectivity index (χ2v) is 6.15. The molecule has 0 aliphatic carbocycles. The van der Waals surface area contributed by atoms with Crippen LogP contribution in [0.25, 0.3) is 0 Å². The third-order valence-electron chi connectivity index (χ3n) is 3.42. The topological polar surface area (TPSA) is 40.5 Å². The van der Waals surface area contributed by atoms with E-state index in [-0.39, 0.29) is 5.91 Å². The van der Waals surface area contributed by atoms with Crippen molar-refractivity contribution in [3.8, 4) is 0 Å². The monoisotopic (exact) mass is 277 g/mol. The van der Waals surface area contributed by atoms with Crippen LogP contribution in [0.4, 0.5) is 0 Å². The van der Waals surface area contributed by atoms with Crippen LogP contribution in [0.1, 0.15) is 43.9 Å². The first-order chi connectivity index (χ1) is 9.23. The summed E-state index contributed by atoms with van der Waals surface area (Å²) < 4.78 is 0. The molecule has 0 saturated heterocycles. The molecule has 0 heterocycles. The largest absolute Gasteiger partial charge is 0.389 e. The Kier molecular flexibility index (Phi) is 5.75. The fourth-order valence-corrected chi connectivity index (χ4v) is 2.37. The predicted molar refractivity (Wildman–Crippen MR) is 82.8 cm³/mol. The lowest BCUT2D eigenvalue weighted by Crippen LogP contribution is -2.42. The Morgan fingerprint density at radius 3 is 2.45 bits per heavy atom. The zero-order valence-electron chi connectivity index (χ0n) is 13.4. The Morgan fingerprint density at radius 2 is 1.95 bits per heavy atom. The Balaban J connectivity index is 2.61. The molecule has 0 aromatic heterocycles. The van der Waals surface area contributed by atoms with Gasteiger partial charge in [0.2, 0.25) is 5.91 Å². The number of amides is 1. The highest BCUT2D eigenvalue weighted by Gasteiger charge is 2.21. The van der Waals surface area contributed by atoms with Crippen LogP contribution in [0.15, 0.2) is 18.2 Å². The van der Waals surface area contributed by atoms with Crippen LogP contribution < -0.4 is 0 Å². The van der Waals surface area contributed by atoms with Crippen LogP contribution in [-0.4, -0.2) is 34.6 Å². The molecule has 0 spiro atoms. The molecule has 20 heavy (non-hydrogen) atoms. The maximum atomic E-state index is 12.2. The van der Waals surface area contributed by atoms with Crippen molar-refractivity contribution in [2.24, 2.45) is 0 Å². The van der Waals surface area contributed by atoms with E-state index in [0.29, 0.717) is 19.5 Å². The van der Waals surface area contributed by atoms with Crippen molar-refractivity contribution in [2.75, 3.05) is 13.1 Å². The van der Waals surface area contributed by atoms with Crippen LogP contribution in [0.5, 0.6) is 0 Å². The zero-order chi connectivity index (χ0) is 15.3. The van der Waals surface area contributed by atoms with E-state index in [2.05, 4.69) is 32.0 Å². The van der Waals surface area contributed by atoms with Gasteiger partial charge in [-0.15, -0.1) is 0 Å². The van der Waals surface area contributed by atoms with E-state index in [1.807, 2.05) is 6.92 Å². The van der Waals surface area contributed by atoms with Crippen LogP contribution in [0.3, 0.4) is 0 Å². The number of hydrogen-bond acceptors (Lipinski definition) is 2. The second kappa shape index (κ2) is 6.89. The van der Waals surface area contributed by atoms with Gasteiger partial charge < -0.3 is 10.0 Å². The van der Waals surface area contributed by atoms with Crippen LogP contribution in [0, 0.1) is 13.8 Å². The summed E-state index contributed by atoms with van der Waals surface area (Å²) in [4.78, 5) is 13.9. The third-order valence-corrected chi connectivity index (χ3v) is 3.42. The lowest BCUT2D eigenvalue weighted by Gasteiger charge is -2.28. The molecule has 1 rings (SSSR count). The molecular formula is C17H27NO2. The van der Waals surface area contributed by atoms with Gasteiger partial charge in [0.1, 0.15) is 0 Å². The average molecular weight is 277 g/mol. The smallest absolute Gasteiger partial charge is 0.222 e. The first-order valence-electron chi connectivity index (χ1n) is 7.29. The Labute approximate surface area is 122 Å². The molecule has 0 fully saturated rings. The molecule has 0 saturated carbocycles. The maximum absolute atomic E-state index is 12.2. The van der Waals surface area contributed by atoms with Gasteiger partial charge in [0.15, 0.2) is 0 Å². The number of aryl methyl sites for hydroxylation is 3. The van der Waals surface area contributed by atoms with E-state index in [9.17, 15) is 9.90 Å². The van der Waals surface area contributed by atoms with Crippen molar-refractivity contribution in [2.45, 2.75) is 53.1 Å². The molecule has 0 unspecified atom stereocenters. The van der Waals surface area contributed by atoms with Gasteiger partial charge in [-0.2, -0.15) is 0 Å². The number of benzene rings is 1. The third kappa shape index (κ3) is 5.33. The Morgan fingerprint density at radius 1 is 1.30 bits per heavy atom. The summed E-state index contributed by atoms with van der Waals surface area (Å²) in [6.07, 6.45) is 1.25. The zero-order valence-corrected chi connectivity index (χ0v) is 13.4. The van der Waals surface area contributed by atoms with E-state index >= 15 is 0 Å². The first kappa shape index (κ1) is 16.7. The van der Waals surface area contributed by atoms with Crippen molar-refractivity contribution in [1.82, 2.24) is 4.90 Å². The van der Waals surface area contributed by atoms with E-state index in [4.69, 9.17) is 0 Å². The SMILES string of the molecule is CCN(CC(C)(C)O)C(=O)CCc1ccc(C)cc1C. The summed E-state index contributed by atoms with van der Waals surface area (Å²) in [7, 11) is 0.